The van der Waals surface area contributed by atoms with Crippen LogP contribution in [-0.4, -0.2) is 4.98 Å². The van der Waals surface area contributed by atoms with E-state index < -0.39 is 0 Å². The van der Waals surface area contributed by atoms with Gasteiger partial charge in [-0.2, -0.15) is 0 Å². The van der Waals surface area contributed by atoms with Crippen molar-refractivity contribution in [1.82, 2.24) is 10.3 Å². The summed E-state index contributed by atoms with van der Waals surface area (Å²) in [4.78, 5) is 8.99. The van der Waals surface area contributed by atoms with E-state index in [2.05, 4.69) is 37.1 Å². The lowest BCUT2D eigenvalue weighted by atomic mass is 10.2. The van der Waals surface area contributed by atoms with Crippen LogP contribution in [0.25, 0.3) is 0 Å². The van der Waals surface area contributed by atoms with Crippen LogP contribution in [0.15, 0.2) is 6.07 Å². The molecule has 2 aromatic rings. The summed E-state index contributed by atoms with van der Waals surface area (Å²) >= 11 is 3.81. The second-order valence-electron chi connectivity index (χ2n) is 5.30. The van der Waals surface area contributed by atoms with Gasteiger partial charge in [0, 0.05) is 27.2 Å². The first-order chi connectivity index (χ1) is 9.13. The summed E-state index contributed by atoms with van der Waals surface area (Å²) < 4.78 is 0. The molecule has 2 heterocycles. The van der Waals surface area contributed by atoms with Crippen molar-refractivity contribution >= 4 is 22.7 Å². The molecule has 1 atom stereocenters. The standard InChI is InChI=1S/C15H20N2S2/c1-9(15-10(2)17-11(3)18-15)16-8-13-7-12-5-4-6-14(12)19-13/h7,9,16H,4-6,8H2,1-3H3. The predicted molar refractivity (Wildman–Crippen MR) is 83.2 cm³/mol. The van der Waals surface area contributed by atoms with Crippen LogP contribution in [-0.2, 0) is 19.4 Å². The fourth-order valence-corrected chi connectivity index (χ4v) is 4.94. The number of thiophene rings is 1. The van der Waals surface area contributed by atoms with E-state index in [9.17, 15) is 0 Å². The minimum Gasteiger partial charge on any atom is -0.304 e. The van der Waals surface area contributed by atoms with Crippen LogP contribution in [0.3, 0.4) is 0 Å². The van der Waals surface area contributed by atoms with Gasteiger partial charge in [0.05, 0.1) is 10.7 Å². The van der Waals surface area contributed by atoms with Gasteiger partial charge in [-0.05, 0) is 51.7 Å². The van der Waals surface area contributed by atoms with Gasteiger partial charge in [0.1, 0.15) is 0 Å². The number of rotatable bonds is 4. The highest BCUT2D eigenvalue weighted by Gasteiger charge is 2.16. The molecule has 0 radical (unpaired) electrons. The average molecular weight is 292 g/mol. The third-order valence-corrected chi connectivity index (χ3v) is 6.21. The zero-order valence-electron chi connectivity index (χ0n) is 11.7. The Labute approximate surface area is 122 Å². The van der Waals surface area contributed by atoms with Gasteiger partial charge in [0.2, 0.25) is 0 Å². The van der Waals surface area contributed by atoms with Gasteiger partial charge >= 0.3 is 0 Å². The molecule has 102 valence electrons. The van der Waals surface area contributed by atoms with Gasteiger partial charge in [-0.15, -0.1) is 22.7 Å². The van der Waals surface area contributed by atoms with Crippen LogP contribution >= 0.6 is 22.7 Å². The molecule has 4 heteroatoms. The Morgan fingerprint density at radius 2 is 2.16 bits per heavy atom. The molecule has 0 bridgehead atoms. The average Bonchev–Trinajstić information content (AvgIpc) is 3.00. The minimum absolute atomic E-state index is 0.392. The van der Waals surface area contributed by atoms with E-state index in [0.29, 0.717) is 6.04 Å². The molecule has 0 aromatic carbocycles. The van der Waals surface area contributed by atoms with Crippen molar-refractivity contribution in [3.05, 3.63) is 37.0 Å². The van der Waals surface area contributed by atoms with Crippen molar-refractivity contribution in [2.75, 3.05) is 0 Å². The van der Waals surface area contributed by atoms with Crippen molar-refractivity contribution in [3.63, 3.8) is 0 Å². The second kappa shape index (κ2) is 5.35. The molecular weight excluding hydrogens is 272 g/mol. The van der Waals surface area contributed by atoms with E-state index in [-0.39, 0.29) is 0 Å². The summed E-state index contributed by atoms with van der Waals surface area (Å²) in [6.07, 6.45) is 3.93. The molecule has 2 aromatic heterocycles. The van der Waals surface area contributed by atoms with Crippen molar-refractivity contribution in [1.29, 1.82) is 0 Å². The molecule has 0 aliphatic heterocycles. The Bertz CT molecular complexity index is 561. The summed E-state index contributed by atoms with van der Waals surface area (Å²) in [5.74, 6) is 0. The number of nitrogens with one attached hydrogen (secondary N) is 1. The largest absolute Gasteiger partial charge is 0.304 e. The molecule has 1 N–H and O–H groups in total. The van der Waals surface area contributed by atoms with Gasteiger partial charge in [-0.3, -0.25) is 0 Å². The van der Waals surface area contributed by atoms with Crippen LogP contribution in [0, 0.1) is 13.8 Å². The number of hydrogen-bond donors (Lipinski definition) is 1. The number of hydrogen-bond acceptors (Lipinski definition) is 4. The van der Waals surface area contributed by atoms with Gasteiger partial charge in [0.15, 0.2) is 0 Å². The smallest absolute Gasteiger partial charge is 0.0900 e. The van der Waals surface area contributed by atoms with Crippen LogP contribution in [0.1, 0.15) is 50.3 Å². The first kappa shape index (κ1) is 13.3. The third kappa shape index (κ3) is 2.76. The molecule has 0 saturated heterocycles. The molecule has 3 rings (SSSR count). The van der Waals surface area contributed by atoms with Crippen molar-refractivity contribution < 1.29 is 0 Å². The van der Waals surface area contributed by atoms with Crippen molar-refractivity contribution in [2.24, 2.45) is 0 Å². The summed E-state index contributed by atoms with van der Waals surface area (Å²) in [6, 6.07) is 2.79. The maximum absolute atomic E-state index is 4.51. The predicted octanol–water partition coefficient (Wildman–Crippen LogP) is 4.16. The normalized spacial score (nSPS) is 15.7. The fraction of sp³-hybridized carbons (Fsp3) is 0.533. The number of fused-ring (bicyclic) bond motifs is 1. The zero-order valence-corrected chi connectivity index (χ0v) is 13.4. The highest BCUT2D eigenvalue weighted by atomic mass is 32.1. The number of nitrogens with zero attached hydrogens (tertiary/aromatic N) is 1. The molecular formula is C15H20N2S2. The molecule has 0 amide bonds. The van der Waals surface area contributed by atoms with Gasteiger partial charge < -0.3 is 5.32 Å². The van der Waals surface area contributed by atoms with Crippen LogP contribution in [0.2, 0.25) is 0 Å². The maximum atomic E-state index is 4.51. The minimum atomic E-state index is 0.392. The lowest BCUT2D eigenvalue weighted by molar-refractivity contribution is 0.583. The van der Waals surface area contributed by atoms with E-state index >= 15 is 0 Å². The Kier molecular flexibility index (Phi) is 3.74. The van der Waals surface area contributed by atoms with Crippen molar-refractivity contribution in [2.45, 2.75) is 52.6 Å². The monoisotopic (exact) mass is 292 g/mol. The number of aryl methyl sites for hydroxylation is 4. The lowest BCUT2D eigenvalue weighted by Gasteiger charge is -2.11. The first-order valence-corrected chi connectivity index (χ1v) is 8.54. The number of aromatic nitrogens is 1. The maximum Gasteiger partial charge on any atom is 0.0900 e. The number of thiazole rings is 1. The van der Waals surface area contributed by atoms with E-state index in [1.807, 2.05) is 22.7 Å². The first-order valence-electron chi connectivity index (χ1n) is 6.91. The summed E-state index contributed by atoms with van der Waals surface area (Å²) in [7, 11) is 0. The molecule has 0 spiro atoms. The van der Waals surface area contributed by atoms with E-state index in [1.54, 1.807) is 10.4 Å². The van der Waals surface area contributed by atoms with Gasteiger partial charge in [-0.25, -0.2) is 4.98 Å². The van der Waals surface area contributed by atoms with E-state index in [4.69, 9.17) is 0 Å². The second-order valence-corrected chi connectivity index (χ2v) is 7.76. The van der Waals surface area contributed by atoms with E-state index in [1.165, 1.54) is 34.7 Å². The Morgan fingerprint density at radius 1 is 1.32 bits per heavy atom. The van der Waals surface area contributed by atoms with Crippen LogP contribution in [0.5, 0.6) is 0 Å². The quantitative estimate of drug-likeness (QED) is 0.915. The molecule has 0 fully saturated rings. The molecule has 19 heavy (non-hydrogen) atoms. The Morgan fingerprint density at radius 3 is 2.84 bits per heavy atom. The molecule has 1 aliphatic rings. The third-order valence-electron chi connectivity index (χ3n) is 3.71. The summed E-state index contributed by atoms with van der Waals surface area (Å²) in [6.45, 7) is 7.41. The summed E-state index contributed by atoms with van der Waals surface area (Å²) in [5, 5.41) is 4.80. The molecule has 0 saturated carbocycles. The Hall–Kier alpha value is -0.710. The topological polar surface area (TPSA) is 24.9 Å². The zero-order chi connectivity index (χ0) is 13.4. The van der Waals surface area contributed by atoms with Gasteiger partial charge in [-0.1, -0.05) is 0 Å². The highest BCUT2D eigenvalue weighted by molar-refractivity contribution is 7.12. The van der Waals surface area contributed by atoms with Crippen molar-refractivity contribution in [3.8, 4) is 0 Å². The molecule has 1 aliphatic carbocycles. The molecule has 1 unspecified atom stereocenters. The SMILES string of the molecule is Cc1nc(C)c(C(C)NCc2cc3c(s2)CCC3)s1. The van der Waals surface area contributed by atoms with E-state index in [0.717, 1.165) is 11.6 Å². The molecule has 2 nitrogen and oxygen atoms in total. The van der Waals surface area contributed by atoms with Crippen LogP contribution < -0.4 is 5.32 Å². The van der Waals surface area contributed by atoms with Crippen LogP contribution in [0.4, 0.5) is 0 Å². The fourth-order valence-electron chi connectivity index (χ4n) is 2.77. The lowest BCUT2D eigenvalue weighted by Crippen LogP contribution is -2.17. The highest BCUT2D eigenvalue weighted by Crippen LogP contribution is 2.31. The summed E-state index contributed by atoms with van der Waals surface area (Å²) in [5.41, 5.74) is 2.77. The van der Waals surface area contributed by atoms with Gasteiger partial charge in [0.25, 0.3) is 0 Å². The Balaban J connectivity index is 1.63.